The molecule has 6 heteroatoms. The van der Waals surface area contributed by atoms with Crippen LogP contribution in [0.4, 0.5) is 0 Å². The number of aliphatic carboxylic acids is 2. The molecule has 1 aromatic rings. The number of hydrogen-bond acceptors (Lipinski definition) is 3. The quantitative estimate of drug-likeness (QED) is 0.729. The molecule has 1 atom stereocenters. The van der Waals surface area contributed by atoms with Gasteiger partial charge in [-0.25, -0.2) is 9.59 Å². The first-order chi connectivity index (χ1) is 9.54. The lowest BCUT2D eigenvalue weighted by atomic mass is 10.1. The Morgan fingerprint density at radius 3 is 2.60 bits per heavy atom. The predicted molar refractivity (Wildman–Crippen MR) is 74.5 cm³/mol. The van der Waals surface area contributed by atoms with Crippen molar-refractivity contribution in [2.24, 2.45) is 0 Å². The molecule has 6 nitrogen and oxygen atoms in total. The summed E-state index contributed by atoms with van der Waals surface area (Å²) < 4.78 is 2.36. The molecule has 1 aliphatic rings. The van der Waals surface area contributed by atoms with Gasteiger partial charge in [0.2, 0.25) is 0 Å². The number of carboxylic acid groups (broad SMARTS) is 2. The summed E-state index contributed by atoms with van der Waals surface area (Å²) in [4.78, 5) is 19.1. The van der Waals surface area contributed by atoms with Crippen LogP contribution in [-0.4, -0.2) is 33.3 Å². The number of carboxylic acids is 2. The van der Waals surface area contributed by atoms with Gasteiger partial charge in [0.25, 0.3) is 0 Å². The van der Waals surface area contributed by atoms with Gasteiger partial charge in [-0.2, -0.15) is 0 Å². The third-order valence-electron chi connectivity index (χ3n) is 2.91. The van der Waals surface area contributed by atoms with E-state index in [0.29, 0.717) is 18.2 Å². The summed E-state index contributed by atoms with van der Waals surface area (Å²) in [5, 5.41) is 19.2. The molecule has 2 heterocycles. The van der Waals surface area contributed by atoms with Gasteiger partial charge in [-0.3, -0.25) is 0 Å². The Balaban J connectivity index is 0.000000221. The average Bonchev–Trinajstić information content (AvgIpc) is 2.87. The summed E-state index contributed by atoms with van der Waals surface area (Å²) >= 11 is 0. The van der Waals surface area contributed by atoms with E-state index < -0.39 is 11.9 Å². The van der Waals surface area contributed by atoms with E-state index in [0.717, 1.165) is 13.1 Å². The number of rotatable bonds is 4. The maximum absolute atomic E-state index is 9.55. The standard InChI is InChI=1S/C10H16N2.C4H4O4/c1-2-4-9-10-5-3-7-12(10)8-6-11-9;5-3(6)1-2-4(7)8/h3,5,7,9,11H,2,4,6,8H2,1H3;1-2H,(H,5,6)(H,7,8). The maximum Gasteiger partial charge on any atom is 0.328 e. The molecule has 3 N–H and O–H groups in total. The fraction of sp³-hybridized carbons (Fsp3) is 0.429. The van der Waals surface area contributed by atoms with E-state index >= 15 is 0 Å². The van der Waals surface area contributed by atoms with Crippen LogP contribution in [-0.2, 0) is 16.1 Å². The molecular weight excluding hydrogens is 260 g/mol. The van der Waals surface area contributed by atoms with Crippen LogP contribution in [0.3, 0.4) is 0 Å². The van der Waals surface area contributed by atoms with Crippen molar-refractivity contribution >= 4 is 11.9 Å². The van der Waals surface area contributed by atoms with Crippen molar-refractivity contribution in [1.82, 2.24) is 9.88 Å². The second-order valence-corrected chi connectivity index (χ2v) is 4.43. The predicted octanol–water partition coefficient (Wildman–Crippen LogP) is 1.64. The summed E-state index contributed by atoms with van der Waals surface area (Å²) in [6.07, 6.45) is 5.80. The third-order valence-corrected chi connectivity index (χ3v) is 2.91. The Kier molecular flexibility index (Phi) is 6.52. The van der Waals surface area contributed by atoms with Gasteiger partial charge in [0.1, 0.15) is 0 Å². The highest BCUT2D eigenvalue weighted by Gasteiger charge is 2.17. The molecule has 0 saturated heterocycles. The fourth-order valence-corrected chi connectivity index (χ4v) is 2.09. The normalized spacial score (nSPS) is 17.1. The van der Waals surface area contributed by atoms with Crippen LogP contribution >= 0.6 is 0 Å². The second-order valence-electron chi connectivity index (χ2n) is 4.43. The summed E-state index contributed by atoms with van der Waals surface area (Å²) in [6, 6.07) is 4.97. The highest BCUT2D eigenvalue weighted by Crippen LogP contribution is 2.21. The van der Waals surface area contributed by atoms with Gasteiger partial charge in [0.05, 0.1) is 0 Å². The van der Waals surface area contributed by atoms with Crippen LogP contribution in [0.2, 0.25) is 0 Å². The summed E-state index contributed by atoms with van der Waals surface area (Å²) in [6.45, 7) is 4.48. The maximum atomic E-state index is 9.55. The van der Waals surface area contributed by atoms with Gasteiger partial charge in [-0.05, 0) is 18.6 Å². The molecule has 0 bridgehead atoms. The van der Waals surface area contributed by atoms with E-state index in [4.69, 9.17) is 10.2 Å². The Morgan fingerprint density at radius 1 is 1.40 bits per heavy atom. The second kappa shape index (κ2) is 8.16. The van der Waals surface area contributed by atoms with Crippen molar-refractivity contribution in [3.05, 3.63) is 36.2 Å². The molecule has 0 saturated carbocycles. The Hall–Kier alpha value is -2.08. The topological polar surface area (TPSA) is 91.6 Å². The van der Waals surface area contributed by atoms with E-state index in [2.05, 4.69) is 35.1 Å². The number of nitrogens with one attached hydrogen (secondary N) is 1. The molecule has 110 valence electrons. The highest BCUT2D eigenvalue weighted by molar-refractivity contribution is 5.89. The molecule has 0 aliphatic carbocycles. The zero-order chi connectivity index (χ0) is 15.0. The average molecular weight is 280 g/mol. The Morgan fingerprint density at radius 2 is 2.05 bits per heavy atom. The van der Waals surface area contributed by atoms with Crippen molar-refractivity contribution in [3.63, 3.8) is 0 Å². The van der Waals surface area contributed by atoms with Gasteiger partial charge in [-0.15, -0.1) is 0 Å². The molecule has 2 rings (SSSR count). The summed E-state index contributed by atoms with van der Waals surface area (Å²) in [5.74, 6) is -2.51. The molecule has 20 heavy (non-hydrogen) atoms. The van der Waals surface area contributed by atoms with Crippen LogP contribution in [0.25, 0.3) is 0 Å². The number of fused-ring (bicyclic) bond motifs is 1. The molecule has 1 aromatic heterocycles. The molecule has 0 amide bonds. The van der Waals surface area contributed by atoms with E-state index in [1.165, 1.54) is 18.5 Å². The number of carbonyl (C=O) groups is 2. The first-order valence-corrected chi connectivity index (χ1v) is 6.57. The fourth-order valence-electron chi connectivity index (χ4n) is 2.09. The lowest BCUT2D eigenvalue weighted by molar-refractivity contribution is -0.134. The minimum atomic E-state index is -1.26. The molecule has 1 aliphatic heterocycles. The SMILES string of the molecule is CCCC1NCCn2cccc21.O=C(O)C=CC(=O)O. The molecule has 0 aromatic carbocycles. The lowest BCUT2D eigenvalue weighted by Crippen LogP contribution is -2.32. The zero-order valence-electron chi connectivity index (χ0n) is 11.5. The minimum absolute atomic E-state index is 0.558. The van der Waals surface area contributed by atoms with Crippen molar-refractivity contribution in [1.29, 1.82) is 0 Å². The van der Waals surface area contributed by atoms with E-state index in [9.17, 15) is 9.59 Å². The van der Waals surface area contributed by atoms with Gasteiger partial charge in [0.15, 0.2) is 0 Å². The van der Waals surface area contributed by atoms with Gasteiger partial charge in [0, 0.05) is 43.2 Å². The Bertz CT molecular complexity index is 463. The summed E-state index contributed by atoms with van der Waals surface area (Å²) in [5.41, 5.74) is 1.46. The number of nitrogens with zero attached hydrogens (tertiary/aromatic N) is 1. The Labute approximate surface area is 117 Å². The van der Waals surface area contributed by atoms with Gasteiger partial charge >= 0.3 is 11.9 Å². The van der Waals surface area contributed by atoms with E-state index in [1.54, 1.807) is 0 Å². The first-order valence-electron chi connectivity index (χ1n) is 6.57. The molecule has 0 spiro atoms. The highest BCUT2D eigenvalue weighted by atomic mass is 16.4. The molecule has 0 radical (unpaired) electrons. The zero-order valence-corrected chi connectivity index (χ0v) is 11.5. The number of hydrogen-bond donors (Lipinski definition) is 3. The van der Waals surface area contributed by atoms with Crippen LogP contribution < -0.4 is 5.32 Å². The summed E-state index contributed by atoms with van der Waals surface area (Å²) in [7, 11) is 0. The molecule has 0 fully saturated rings. The van der Waals surface area contributed by atoms with Crippen LogP contribution in [0, 0.1) is 0 Å². The third kappa shape index (κ3) is 5.27. The van der Waals surface area contributed by atoms with Crippen molar-refractivity contribution in [2.45, 2.75) is 32.4 Å². The number of aromatic nitrogens is 1. The van der Waals surface area contributed by atoms with Gasteiger partial charge < -0.3 is 20.1 Å². The van der Waals surface area contributed by atoms with Crippen molar-refractivity contribution in [2.75, 3.05) is 6.54 Å². The van der Waals surface area contributed by atoms with Crippen LogP contribution in [0.5, 0.6) is 0 Å². The largest absolute Gasteiger partial charge is 0.478 e. The van der Waals surface area contributed by atoms with Gasteiger partial charge in [-0.1, -0.05) is 13.3 Å². The van der Waals surface area contributed by atoms with E-state index in [1.807, 2.05) is 0 Å². The van der Waals surface area contributed by atoms with Crippen molar-refractivity contribution < 1.29 is 19.8 Å². The molecule has 1 unspecified atom stereocenters. The van der Waals surface area contributed by atoms with E-state index in [-0.39, 0.29) is 0 Å². The smallest absolute Gasteiger partial charge is 0.328 e. The van der Waals surface area contributed by atoms with Crippen LogP contribution in [0.1, 0.15) is 31.5 Å². The first kappa shape index (κ1) is 16.0. The lowest BCUT2D eigenvalue weighted by Gasteiger charge is -2.25. The molecular formula is C14H20N2O4. The van der Waals surface area contributed by atoms with Crippen molar-refractivity contribution in [3.8, 4) is 0 Å². The van der Waals surface area contributed by atoms with Crippen LogP contribution in [0.15, 0.2) is 30.5 Å². The minimum Gasteiger partial charge on any atom is -0.478 e. The monoisotopic (exact) mass is 280 g/mol.